The van der Waals surface area contributed by atoms with Crippen LogP contribution in [0.15, 0.2) is 24.9 Å². The second-order valence-corrected chi connectivity index (χ2v) is 1.10. The number of allylic oxidation sites excluding steroid dienone is 1. The molecule has 0 aliphatic carbocycles. The fraction of sp³-hybridized carbons (Fsp3) is 0.200. The highest BCUT2D eigenvalue weighted by Gasteiger charge is 1.73. The quantitative estimate of drug-likeness (QED) is 0.394. The summed E-state index contributed by atoms with van der Waals surface area (Å²) in [5.74, 6) is 0. The lowest BCUT2D eigenvalue weighted by Gasteiger charge is -1.98. The molecule has 2 N–H and O–H groups in total. The zero-order chi connectivity index (χ0) is 5.70. The molecule has 0 aromatic rings. The first-order chi connectivity index (χ1) is 3.31. The van der Waals surface area contributed by atoms with Crippen molar-refractivity contribution >= 4 is 0 Å². The van der Waals surface area contributed by atoms with Gasteiger partial charge in [0.05, 0.1) is 0 Å². The van der Waals surface area contributed by atoms with E-state index in [1.165, 1.54) is 0 Å². The van der Waals surface area contributed by atoms with E-state index in [0.29, 0.717) is 0 Å². The average Bonchev–Trinajstić information content (AvgIpc) is 1.68. The fourth-order valence-electron chi connectivity index (χ4n) is 0.212. The summed E-state index contributed by atoms with van der Waals surface area (Å²) in [6.45, 7) is 7.05. The first kappa shape index (κ1) is 6.24. The molecule has 0 bridgehead atoms. The molecule has 0 radical (unpaired) electrons. The Hall–Kier alpha value is -0.760. The van der Waals surface area contributed by atoms with Crippen LogP contribution in [0.3, 0.4) is 0 Å². The van der Waals surface area contributed by atoms with Gasteiger partial charge in [-0.15, -0.1) is 0 Å². The Morgan fingerprint density at radius 3 is 2.43 bits per heavy atom. The summed E-state index contributed by atoms with van der Waals surface area (Å²) in [5, 5.41) is 0. The van der Waals surface area contributed by atoms with Crippen molar-refractivity contribution in [2.24, 2.45) is 0 Å². The van der Waals surface area contributed by atoms with E-state index in [0.717, 1.165) is 5.70 Å². The minimum atomic E-state index is 0.780. The van der Waals surface area contributed by atoms with Crippen molar-refractivity contribution in [2.45, 2.75) is 0 Å². The normalized spacial score (nSPS) is 7.57. The van der Waals surface area contributed by atoms with Crippen LogP contribution in [0.25, 0.3) is 0 Å². The second-order valence-electron chi connectivity index (χ2n) is 1.10. The van der Waals surface area contributed by atoms with Gasteiger partial charge in [0.2, 0.25) is 0 Å². The largest absolute Gasteiger partial charge is 0.322 e. The molecular weight excluding hydrogens is 88.1 g/mol. The predicted octanol–water partition coefficient (Wildman–Crippen LogP) is 0.410. The topological polar surface area (TPSA) is 24.1 Å². The highest BCUT2D eigenvalue weighted by molar-refractivity contribution is 5.06. The number of rotatable bonds is 3. The Morgan fingerprint density at radius 2 is 2.29 bits per heavy atom. The van der Waals surface area contributed by atoms with Crippen molar-refractivity contribution in [3.63, 3.8) is 0 Å². The van der Waals surface area contributed by atoms with Crippen LogP contribution in [-0.4, -0.2) is 7.05 Å². The van der Waals surface area contributed by atoms with E-state index in [-0.39, 0.29) is 0 Å². The zero-order valence-electron chi connectivity index (χ0n) is 4.49. The summed E-state index contributed by atoms with van der Waals surface area (Å²) < 4.78 is 0. The van der Waals surface area contributed by atoms with Gasteiger partial charge in [0.25, 0.3) is 0 Å². The van der Waals surface area contributed by atoms with Crippen molar-refractivity contribution in [1.29, 1.82) is 0 Å². The molecule has 0 rings (SSSR count). The Bertz CT molecular complexity index is 76.1. The Balaban J connectivity index is 3.17. The molecule has 0 amide bonds. The minimum Gasteiger partial charge on any atom is -0.322 e. The molecule has 2 nitrogen and oxygen atoms in total. The van der Waals surface area contributed by atoms with Crippen LogP contribution in [0.5, 0.6) is 0 Å². The molecule has 0 saturated carbocycles. The molecular formula is C5H10N2. The highest BCUT2D eigenvalue weighted by Crippen LogP contribution is 1.76. The van der Waals surface area contributed by atoms with Crippen LogP contribution in [-0.2, 0) is 0 Å². The van der Waals surface area contributed by atoms with Crippen molar-refractivity contribution in [3.05, 3.63) is 24.9 Å². The Labute approximate surface area is 43.9 Å². The van der Waals surface area contributed by atoms with Gasteiger partial charge in [-0.25, -0.2) is 5.43 Å². The molecule has 0 heterocycles. The van der Waals surface area contributed by atoms with E-state index in [2.05, 4.69) is 24.0 Å². The van der Waals surface area contributed by atoms with Gasteiger partial charge in [-0.2, -0.15) is 0 Å². The summed E-state index contributed by atoms with van der Waals surface area (Å²) in [5.41, 5.74) is 6.21. The van der Waals surface area contributed by atoms with E-state index in [9.17, 15) is 0 Å². The number of nitrogens with one attached hydrogen (secondary N) is 2. The van der Waals surface area contributed by atoms with Crippen LogP contribution in [0, 0.1) is 0 Å². The molecule has 0 fully saturated rings. The molecule has 0 aliphatic rings. The van der Waals surface area contributed by atoms with Crippen LogP contribution >= 0.6 is 0 Å². The average molecular weight is 98.1 g/mol. The van der Waals surface area contributed by atoms with Crippen molar-refractivity contribution in [1.82, 2.24) is 10.9 Å². The minimum absolute atomic E-state index is 0.780. The summed E-state index contributed by atoms with van der Waals surface area (Å²) in [4.78, 5) is 0. The van der Waals surface area contributed by atoms with Crippen molar-refractivity contribution < 1.29 is 0 Å². The molecule has 0 aromatic carbocycles. The van der Waals surface area contributed by atoms with Crippen molar-refractivity contribution in [2.75, 3.05) is 7.05 Å². The SMILES string of the molecule is C=CC(=C)NNC. The summed E-state index contributed by atoms with van der Waals surface area (Å²) >= 11 is 0. The molecule has 0 spiro atoms. The van der Waals surface area contributed by atoms with Crippen LogP contribution in [0.1, 0.15) is 0 Å². The molecule has 0 unspecified atom stereocenters. The molecule has 0 saturated heterocycles. The molecule has 0 aromatic heterocycles. The maximum absolute atomic E-state index is 3.57. The second kappa shape index (κ2) is 3.43. The van der Waals surface area contributed by atoms with Crippen molar-refractivity contribution in [3.8, 4) is 0 Å². The maximum Gasteiger partial charge on any atom is 0.0409 e. The van der Waals surface area contributed by atoms with Crippen LogP contribution in [0.4, 0.5) is 0 Å². The van der Waals surface area contributed by atoms with Gasteiger partial charge in [0, 0.05) is 12.7 Å². The molecule has 0 atom stereocenters. The van der Waals surface area contributed by atoms with E-state index < -0.39 is 0 Å². The van der Waals surface area contributed by atoms with Gasteiger partial charge in [0.15, 0.2) is 0 Å². The Kier molecular flexibility index (Phi) is 3.06. The number of hydrogen-bond donors (Lipinski definition) is 2. The molecule has 2 heteroatoms. The zero-order valence-corrected chi connectivity index (χ0v) is 4.49. The number of hydrazine groups is 1. The van der Waals surface area contributed by atoms with E-state index in [1.54, 1.807) is 13.1 Å². The van der Waals surface area contributed by atoms with Crippen LogP contribution < -0.4 is 10.9 Å². The first-order valence-electron chi connectivity index (χ1n) is 2.05. The first-order valence-corrected chi connectivity index (χ1v) is 2.05. The van der Waals surface area contributed by atoms with E-state index in [4.69, 9.17) is 0 Å². The van der Waals surface area contributed by atoms with Crippen LogP contribution in [0.2, 0.25) is 0 Å². The standard InChI is InChI=1S/C5H10N2/c1-4-5(2)7-6-3/h4,6-7H,1-2H2,3H3. The van der Waals surface area contributed by atoms with Gasteiger partial charge in [0.1, 0.15) is 0 Å². The lowest BCUT2D eigenvalue weighted by atomic mass is 10.5. The molecule has 0 aliphatic heterocycles. The van der Waals surface area contributed by atoms with Gasteiger partial charge >= 0.3 is 0 Å². The molecule has 7 heavy (non-hydrogen) atoms. The maximum atomic E-state index is 3.57. The van der Waals surface area contributed by atoms with Gasteiger partial charge < -0.3 is 5.43 Å². The lowest BCUT2D eigenvalue weighted by Crippen LogP contribution is -2.24. The fourth-order valence-corrected chi connectivity index (χ4v) is 0.212. The third-order valence-corrected chi connectivity index (χ3v) is 0.532. The third-order valence-electron chi connectivity index (χ3n) is 0.532. The third kappa shape index (κ3) is 3.06. The van der Waals surface area contributed by atoms with Gasteiger partial charge in [-0.1, -0.05) is 13.2 Å². The smallest absolute Gasteiger partial charge is 0.0409 e. The van der Waals surface area contributed by atoms with E-state index in [1.807, 2.05) is 0 Å². The van der Waals surface area contributed by atoms with E-state index >= 15 is 0 Å². The summed E-state index contributed by atoms with van der Waals surface area (Å²) in [7, 11) is 1.77. The number of hydrogen-bond acceptors (Lipinski definition) is 2. The highest BCUT2D eigenvalue weighted by atomic mass is 15.3. The van der Waals surface area contributed by atoms with Gasteiger partial charge in [-0.3, -0.25) is 0 Å². The molecule has 40 valence electrons. The predicted molar refractivity (Wildman–Crippen MR) is 31.5 cm³/mol. The monoisotopic (exact) mass is 98.1 g/mol. The Morgan fingerprint density at radius 1 is 1.71 bits per heavy atom. The van der Waals surface area contributed by atoms with Gasteiger partial charge in [-0.05, 0) is 6.08 Å². The lowest BCUT2D eigenvalue weighted by molar-refractivity contribution is 0.707. The summed E-state index contributed by atoms with van der Waals surface area (Å²) in [6, 6.07) is 0. The summed E-state index contributed by atoms with van der Waals surface area (Å²) in [6.07, 6.45) is 1.64.